The molecule has 0 saturated carbocycles. The molecule has 0 saturated heterocycles. The maximum atomic E-state index is 12.8. The van der Waals surface area contributed by atoms with Crippen LogP contribution >= 0.6 is 0 Å². The minimum absolute atomic E-state index is 0.0781. The fourth-order valence-corrected chi connectivity index (χ4v) is 2.64. The first kappa shape index (κ1) is 16.0. The van der Waals surface area contributed by atoms with Crippen molar-refractivity contribution in [1.82, 2.24) is 15.1 Å². The van der Waals surface area contributed by atoms with E-state index in [0.717, 1.165) is 4.68 Å². The highest BCUT2D eigenvalue weighted by molar-refractivity contribution is 5.94. The summed E-state index contributed by atoms with van der Waals surface area (Å²) >= 11 is 0. The van der Waals surface area contributed by atoms with Crippen molar-refractivity contribution in [3.63, 3.8) is 0 Å². The average molecular weight is 340 g/mol. The maximum absolute atomic E-state index is 12.8. The number of carbonyl (C=O) groups is 1. The van der Waals surface area contributed by atoms with Crippen LogP contribution in [0.25, 0.3) is 0 Å². The lowest BCUT2D eigenvalue weighted by Crippen LogP contribution is -2.51. The average Bonchev–Trinajstić information content (AvgIpc) is 2.91. The number of nitro benzene ring substituents is 1. The van der Waals surface area contributed by atoms with Gasteiger partial charge in [-0.25, -0.2) is 0 Å². The number of non-ortho nitro benzene ring substituents is 1. The van der Waals surface area contributed by atoms with Gasteiger partial charge in [-0.3, -0.25) is 19.6 Å². The van der Waals surface area contributed by atoms with Gasteiger partial charge in [0, 0.05) is 18.2 Å². The number of rotatable bonds is 2. The van der Waals surface area contributed by atoms with Crippen molar-refractivity contribution in [2.24, 2.45) is 0 Å². The third kappa shape index (κ3) is 2.59. The van der Waals surface area contributed by atoms with E-state index in [0.29, 0.717) is 11.6 Å². The van der Waals surface area contributed by atoms with Crippen LogP contribution in [0.3, 0.4) is 0 Å². The summed E-state index contributed by atoms with van der Waals surface area (Å²) in [6, 6.07) is 6.26. The summed E-state index contributed by atoms with van der Waals surface area (Å²) in [7, 11) is 0. The molecule has 7 nitrogen and oxygen atoms in total. The molecule has 0 bridgehead atoms. The maximum Gasteiger partial charge on any atom is 0.435 e. The summed E-state index contributed by atoms with van der Waals surface area (Å²) in [4.78, 5) is 22.5. The number of hydrogen-bond donors (Lipinski definition) is 1. The molecular weight excluding hydrogens is 329 g/mol. The second kappa shape index (κ2) is 5.05. The first-order valence-electron chi connectivity index (χ1n) is 6.83. The van der Waals surface area contributed by atoms with Crippen LogP contribution in [0.15, 0.2) is 30.3 Å². The minimum Gasteiger partial charge on any atom is -0.340 e. The molecule has 1 aliphatic heterocycles. The minimum atomic E-state index is -4.66. The number of carbonyl (C=O) groups excluding carboxylic acids is 1. The third-order valence-corrected chi connectivity index (χ3v) is 3.85. The van der Waals surface area contributed by atoms with Crippen LogP contribution in [0, 0.1) is 10.1 Å². The summed E-state index contributed by atoms with van der Waals surface area (Å²) in [6.45, 7) is 1.49. The fourth-order valence-electron chi connectivity index (χ4n) is 2.64. The molecule has 126 valence electrons. The van der Waals surface area contributed by atoms with Crippen molar-refractivity contribution in [2.75, 3.05) is 0 Å². The van der Waals surface area contributed by atoms with Crippen LogP contribution in [0.2, 0.25) is 0 Å². The van der Waals surface area contributed by atoms with Gasteiger partial charge >= 0.3 is 6.18 Å². The molecule has 2 heterocycles. The van der Waals surface area contributed by atoms with Gasteiger partial charge in [0.15, 0.2) is 5.69 Å². The Morgan fingerprint density at radius 2 is 2.08 bits per heavy atom. The zero-order chi connectivity index (χ0) is 17.7. The van der Waals surface area contributed by atoms with Gasteiger partial charge in [-0.2, -0.15) is 18.3 Å². The van der Waals surface area contributed by atoms with Crippen molar-refractivity contribution in [3.05, 3.63) is 57.4 Å². The Morgan fingerprint density at radius 1 is 1.38 bits per heavy atom. The van der Waals surface area contributed by atoms with Gasteiger partial charge < -0.3 is 5.32 Å². The monoisotopic (exact) mass is 340 g/mol. The van der Waals surface area contributed by atoms with Crippen molar-refractivity contribution < 1.29 is 22.9 Å². The third-order valence-electron chi connectivity index (χ3n) is 3.85. The van der Waals surface area contributed by atoms with Crippen molar-refractivity contribution in [3.8, 4) is 0 Å². The van der Waals surface area contributed by atoms with Crippen LogP contribution in [0.4, 0.5) is 18.9 Å². The summed E-state index contributed by atoms with van der Waals surface area (Å²) in [5.74, 6) is -0.724. The first-order chi connectivity index (χ1) is 11.1. The van der Waals surface area contributed by atoms with E-state index in [1.54, 1.807) is 13.0 Å². The number of hydrogen-bond acceptors (Lipinski definition) is 4. The van der Waals surface area contributed by atoms with E-state index in [4.69, 9.17) is 0 Å². The molecule has 1 aromatic heterocycles. The predicted molar refractivity (Wildman–Crippen MR) is 75.1 cm³/mol. The lowest BCUT2D eigenvalue weighted by molar-refractivity contribution is -0.385. The van der Waals surface area contributed by atoms with E-state index < -0.39 is 28.2 Å². The van der Waals surface area contributed by atoms with E-state index in [9.17, 15) is 28.1 Å². The second-order valence-electron chi connectivity index (χ2n) is 5.66. The molecule has 0 radical (unpaired) electrons. The molecule has 1 amide bonds. The van der Waals surface area contributed by atoms with Gasteiger partial charge in [-0.15, -0.1) is 0 Å². The molecule has 10 heteroatoms. The van der Waals surface area contributed by atoms with Gasteiger partial charge in [0.05, 0.1) is 17.0 Å². The molecule has 1 aromatic carbocycles. The van der Waals surface area contributed by atoms with E-state index >= 15 is 0 Å². The molecule has 1 N–H and O–H groups in total. The number of amides is 1. The largest absolute Gasteiger partial charge is 0.435 e. The Bertz CT molecular complexity index is 846. The SMILES string of the molecule is CC1(c2cccc([N+](=O)[O-])c2)Cn2nc(C(F)(F)F)cc2C(=O)N1. The lowest BCUT2D eigenvalue weighted by Gasteiger charge is -2.35. The van der Waals surface area contributed by atoms with E-state index in [-0.39, 0.29) is 17.9 Å². The molecule has 1 unspecified atom stereocenters. The van der Waals surface area contributed by atoms with E-state index in [1.165, 1.54) is 18.2 Å². The standard InChI is InChI=1S/C14H11F3N4O3/c1-13(8-3-2-4-9(5-8)21(23)24)7-20-10(12(22)18-13)6-11(19-20)14(15,16)17/h2-6H,7H2,1H3,(H,18,22). The van der Waals surface area contributed by atoms with Crippen LogP contribution < -0.4 is 5.32 Å². The number of nitrogens with zero attached hydrogens (tertiary/aromatic N) is 3. The number of halogens is 3. The number of benzene rings is 1. The summed E-state index contributed by atoms with van der Waals surface area (Å²) in [5.41, 5.74) is -2.25. The van der Waals surface area contributed by atoms with Crippen LogP contribution in [-0.2, 0) is 18.3 Å². The van der Waals surface area contributed by atoms with Crippen LogP contribution in [0.5, 0.6) is 0 Å². The van der Waals surface area contributed by atoms with E-state index in [1.807, 2.05) is 0 Å². The normalized spacial score (nSPS) is 20.4. The van der Waals surface area contributed by atoms with Crippen molar-refractivity contribution in [1.29, 1.82) is 0 Å². The molecule has 1 aliphatic rings. The molecule has 2 aromatic rings. The Labute approximate surface area is 133 Å². The topological polar surface area (TPSA) is 90.1 Å². The molecular formula is C14H11F3N4O3. The quantitative estimate of drug-likeness (QED) is 0.672. The predicted octanol–water partition coefficient (Wildman–Crippen LogP) is 2.47. The summed E-state index contributed by atoms with van der Waals surface area (Å²) in [6.07, 6.45) is -4.66. The number of nitro groups is 1. The molecule has 0 fully saturated rings. The lowest BCUT2D eigenvalue weighted by atomic mass is 9.90. The Hall–Kier alpha value is -2.91. The molecule has 1 atom stereocenters. The zero-order valence-electron chi connectivity index (χ0n) is 12.3. The van der Waals surface area contributed by atoms with Gasteiger partial charge in [0.2, 0.25) is 0 Å². The molecule has 0 aliphatic carbocycles. The summed E-state index contributed by atoms with van der Waals surface area (Å²) < 4.78 is 39.3. The smallest absolute Gasteiger partial charge is 0.340 e. The molecule has 3 rings (SSSR count). The summed E-state index contributed by atoms with van der Waals surface area (Å²) in [5, 5.41) is 16.9. The Balaban J connectivity index is 2.03. The van der Waals surface area contributed by atoms with Gasteiger partial charge in [0.1, 0.15) is 5.69 Å². The first-order valence-corrected chi connectivity index (χ1v) is 6.83. The zero-order valence-corrected chi connectivity index (χ0v) is 12.3. The highest BCUT2D eigenvalue weighted by Crippen LogP contribution is 2.33. The van der Waals surface area contributed by atoms with Gasteiger partial charge in [-0.1, -0.05) is 12.1 Å². The van der Waals surface area contributed by atoms with Crippen LogP contribution in [0.1, 0.15) is 28.7 Å². The highest BCUT2D eigenvalue weighted by Gasteiger charge is 2.41. The number of fused-ring (bicyclic) bond motifs is 1. The van der Waals surface area contributed by atoms with Crippen LogP contribution in [-0.4, -0.2) is 20.6 Å². The number of nitrogens with one attached hydrogen (secondary N) is 1. The number of alkyl halides is 3. The molecule has 0 spiro atoms. The van der Waals surface area contributed by atoms with Crippen molar-refractivity contribution >= 4 is 11.6 Å². The highest BCUT2D eigenvalue weighted by atomic mass is 19.4. The Morgan fingerprint density at radius 3 is 2.71 bits per heavy atom. The Kier molecular flexibility index (Phi) is 3.36. The van der Waals surface area contributed by atoms with E-state index in [2.05, 4.69) is 10.4 Å². The second-order valence-corrected chi connectivity index (χ2v) is 5.66. The van der Waals surface area contributed by atoms with Gasteiger partial charge in [0.25, 0.3) is 11.6 Å². The fraction of sp³-hybridized carbons (Fsp3) is 0.286. The van der Waals surface area contributed by atoms with Crippen molar-refractivity contribution in [2.45, 2.75) is 25.2 Å². The number of aromatic nitrogens is 2. The van der Waals surface area contributed by atoms with Gasteiger partial charge in [-0.05, 0) is 12.5 Å². The molecule has 24 heavy (non-hydrogen) atoms.